The lowest BCUT2D eigenvalue weighted by Crippen LogP contribution is -2.40. The summed E-state index contributed by atoms with van der Waals surface area (Å²) in [5, 5.41) is 20.5. The number of nitrogens with zero attached hydrogens (tertiary/aromatic N) is 2. The van der Waals surface area contributed by atoms with E-state index in [0.717, 1.165) is 31.2 Å². The number of nitriles is 1. The lowest BCUT2D eigenvalue weighted by atomic mass is 9.74. The number of piperidine rings is 1. The number of benzene rings is 1. The molecular weight excluding hydrogens is 330 g/mol. The van der Waals surface area contributed by atoms with Crippen LogP contribution < -0.4 is 9.47 Å². The molecule has 0 atom stereocenters. The maximum Gasteiger partial charge on any atom is 0.387 e. The van der Waals surface area contributed by atoms with E-state index < -0.39 is 12.0 Å². The average Bonchev–Trinajstić information content (AvgIpc) is 3.10. The van der Waals surface area contributed by atoms with Crippen molar-refractivity contribution >= 4 is 0 Å². The van der Waals surface area contributed by atoms with Crippen molar-refractivity contribution in [1.29, 1.82) is 5.26 Å². The molecule has 0 spiro atoms. The van der Waals surface area contributed by atoms with E-state index in [4.69, 9.17) is 4.74 Å². The number of hydroxylamine groups is 2. The van der Waals surface area contributed by atoms with Crippen LogP contribution in [0.5, 0.6) is 11.5 Å². The molecule has 2 aliphatic rings. The molecule has 0 bridgehead atoms. The predicted octanol–water partition coefficient (Wildman–Crippen LogP) is 3.86. The van der Waals surface area contributed by atoms with Gasteiger partial charge >= 0.3 is 6.61 Å². The summed E-state index contributed by atoms with van der Waals surface area (Å²) >= 11 is 0. The summed E-state index contributed by atoms with van der Waals surface area (Å²) in [4.78, 5) is 0. The van der Waals surface area contributed by atoms with Gasteiger partial charge in [-0.1, -0.05) is 6.07 Å². The van der Waals surface area contributed by atoms with Crippen LogP contribution in [-0.4, -0.2) is 36.1 Å². The summed E-state index contributed by atoms with van der Waals surface area (Å²) in [6.45, 7) is -2.15. The SMILES string of the molecule is N#CC1(c2ccc(OC(F)F)c(OC3CCCC3)c2)CCN(O)CC1. The van der Waals surface area contributed by atoms with E-state index in [1.54, 1.807) is 12.1 Å². The monoisotopic (exact) mass is 352 g/mol. The summed E-state index contributed by atoms with van der Waals surface area (Å²) in [5.41, 5.74) is -0.0335. The highest BCUT2D eigenvalue weighted by molar-refractivity contribution is 5.47. The van der Waals surface area contributed by atoms with Gasteiger partial charge in [0.2, 0.25) is 0 Å². The van der Waals surface area contributed by atoms with Crippen LogP contribution >= 0.6 is 0 Å². The fraction of sp³-hybridized carbons (Fsp3) is 0.611. The Balaban J connectivity index is 1.90. The normalized spacial score (nSPS) is 21.2. The predicted molar refractivity (Wildman–Crippen MR) is 85.8 cm³/mol. The van der Waals surface area contributed by atoms with Crippen molar-refractivity contribution < 1.29 is 23.5 Å². The maximum atomic E-state index is 12.7. The van der Waals surface area contributed by atoms with E-state index in [1.165, 1.54) is 11.1 Å². The van der Waals surface area contributed by atoms with Crippen molar-refractivity contribution in [2.75, 3.05) is 13.1 Å². The molecule has 7 heteroatoms. The zero-order chi connectivity index (χ0) is 17.9. The van der Waals surface area contributed by atoms with Crippen molar-refractivity contribution in [3.8, 4) is 17.6 Å². The van der Waals surface area contributed by atoms with Gasteiger partial charge in [0.1, 0.15) is 0 Å². The van der Waals surface area contributed by atoms with Crippen LogP contribution in [0, 0.1) is 11.3 Å². The van der Waals surface area contributed by atoms with Crippen molar-refractivity contribution in [3.05, 3.63) is 23.8 Å². The van der Waals surface area contributed by atoms with Crippen LogP contribution in [0.3, 0.4) is 0 Å². The summed E-state index contributed by atoms with van der Waals surface area (Å²) in [6, 6.07) is 7.11. The summed E-state index contributed by atoms with van der Waals surface area (Å²) in [6.07, 6.45) is 4.83. The molecule has 1 saturated carbocycles. The standard InChI is InChI=1S/C18H22F2N2O3/c19-17(20)25-15-6-5-13(11-16(15)24-14-3-1-2-4-14)18(12-21)7-9-22(23)10-8-18/h5-6,11,14,17,23H,1-4,7-10H2. The molecule has 1 aromatic carbocycles. The minimum absolute atomic E-state index is 0.00154. The highest BCUT2D eigenvalue weighted by Gasteiger charge is 2.37. The molecule has 25 heavy (non-hydrogen) atoms. The van der Waals surface area contributed by atoms with E-state index >= 15 is 0 Å². The van der Waals surface area contributed by atoms with E-state index in [0.29, 0.717) is 25.9 Å². The Bertz CT molecular complexity index is 634. The Labute approximate surface area is 145 Å². The topological polar surface area (TPSA) is 65.7 Å². The molecule has 0 radical (unpaired) electrons. The molecule has 2 fully saturated rings. The van der Waals surface area contributed by atoms with Gasteiger partial charge in [0.25, 0.3) is 0 Å². The summed E-state index contributed by atoms with van der Waals surface area (Å²) < 4.78 is 35.9. The highest BCUT2D eigenvalue weighted by atomic mass is 19.3. The van der Waals surface area contributed by atoms with Gasteiger partial charge in [-0.05, 0) is 56.2 Å². The second kappa shape index (κ2) is 7.54. The highest BCUT2D eigenvalue weighted by Crippen LogP contribution is 2.40. The molecule has 1 aliphatic carbocycles. The van der Waals surface area contributed by atoms with Crippen LogP contribution in [0.15, 0.2) is 18.2 Å². The van der Waals surface area contributed by atoms with Gasteiger partial charge in [-0.25, -0.2) is 0 Å². The Morgan fingerprint density at radius 2 is 1.88 bits per heavy atom. The molecular formula is C18H22F2N2O3. The van der Waals surface area contributed by atoms with Gasteiger partial charge < -0.3 is 14.7 Å². The van der Waals surface area contributed by atoms with Gasteiger partial charge in [-0.2, -0.15) is 19.1 Å². The quantitative estimate of drug-likeness (QED) is 0.872. The van der Waals surface area contributed by atoms with Crippen LogP contribution in [0.2, 0.25) is 0 Å². The first-order valence-corrected chi connectivity index (χ1v) is 8.63. The fourth-order valence-electron chi connectivity index (χ4n) is 3.62. The first-order chi connectivity index (χ1) is 12.0. The van der Waals surface area contributed by atoms with Crippen LogP contribution in [0.1, 0.15) is 44.1 Å². The zero-order valence-electron chi connectivity index (χ0n) is 14.0. The van der Waals surface area contributed by atoms with Crippen LogP contribution in [0.25, 0.3) is 0 Å². The van der Waals surface area contributed by atoms with Crippen molar-refractivity contribution in [2.45, 2.75) is 56.7 Å². The molecule has 0 unspecified atom stereocenters. The van der Waals surface area contributed by atoms with Crippen molar-refractivity contribution in [2.24, 2.45) is 0 Å². The zero-order valence-corrected chi connectivity index (χ0v) is 14.0. The lowest BCUT2D eigenvalue weighted by molar-refractivity contribution is -0.111. The fourth-order valence-corrected chi connectivity index (χ4v) is 3.62. The lowest BCUT2D eigenvalue weighted by Gasteiger charge is -2.35. The van der Waals surface area contributed by atoms with Gasteiger partial charge in [0.15, 0.2) is 11.5 Å². The van der Waals surface area contributed by atoms with Gasteiger partial charge in [0, 0.05) is 13.1 Å². The number of hydrogen-bond donors (Lipinski definition) is 1. The molecule has 0 aromatic heterocycles. The maximum absolute atomic E-state index is 12.7. The van der Waals surface area contributed by atoms with Crippen LogP contribution in [-0.2, 0) is 5.41 Å². The van der Waals surface area contributed by atoms with Gasteiger partial charge in [0.05, 0.1) is 17.6 Å². The van der Waals surface area contributed by atoms with E-state index in [9.17, 15) is 19.2 Å². The number of rotatable bonds is 5. The first-order valence-electron chi connectivity index (χ1n) is 8.63. The van der Waals surface area contributed by atoms with Gasteiger partial charge in [-0.15, -0.1) is 0 Å². The third-order valence-electron chi connectivity index (χ3n) is 5.12. The molecule has 1 saturated heterocycles. The number of alkyl halides is 2. The smallest absolute Gasteiger partial charge is 0.387 e. The van der Waals surface area contributed by atoms with Crippen molar-refractivity contribution in [1.82, 2.24) is 5.06 Å². The molecule has 3 rings (SSSR count). The minimum atomic E-state index is -2.93. The molecule has 1 heterocycles. The second-order valence-electron chi connectivity index (χ2n) is 6.71. The third kappa shape index (κ3) is 4.02. The van der Waals surface area contributed by atoms with E-state index in [1.807, 2.05) is 0 Å². The third-order valence-corrected chi connectivity index (χ3v) is 5.12. The molecule has 1 aliphatic heterocycles. The number of hydrogen-bond acceptors (Lipinski definition) is 5. The van der Waals surface area contributed by atoms with Gasteiger partial charge in [-0.3, -0.25) is 0 Å². The minimum Gasteiger partial charge on any atom is -0.487 e. The Morgan fingerprint density at radius 3 is 2.48 bits per heavy atom. The largest absolute Gasteiger partial charge is 0.487 e. The molecule has 136 valence electrons. The number of ether oxygens (including phenoxy) is 2. The second-order valence-corrected chi connectivity index (χ2v) is 6.71. The molecule has 1 N–H and O–H groups in total. The Hall–Kier alpha value is -1.91. The Morgan fingerprint density at radius 1 is 1.20 bits per heavy atom. The molecule has 0 amide bonds. The average molecular weight is 352 g/mol. The molecule has 5 nitrogen and oxygen atoms in total. The van der Waals surface area contributed by atoms with E-state index in [-0.39, 0.29) is 17.6 Å². The number of halogens is 2. The van der Waals surface area contributed by atoms with E-state index in [2.05, 4.69) is 10.8 Å². The Kier molecular flexibility index (Phi) is 5.40. The first kappa shape index (κ1) is 17.9. The van der Waals surface area contributed by atoms with Crippen molar-refractivity contribution in [3.63, 3.8) is 0 Å². The summed E-state index contributed by atoms with van der Waals surface area (Å²) in [5.74, 6) is 0.268. The summed E-state index contributed by atoms with van der Waals surface area (Å²) in [7, 11) is 0. The molecule has 1 aromatic rings. The van der Waals surface area contributed by atoms with Crippen LogP contribution in [0.4, 0.5) is 8.78 Å².